The van der Waals surface area contributed by atoms with E-state index in [1.807, 2.05) is 6.92 Å². The molecule has 1 aromatic rings. The summed E-state index contributed by atoms with van der Waals surface area (Å²) < 4.78 is 13.5. The second-order valence-corrected chi connectivity index (χ2v) is 4.15. The number of fused-ring (bicyclic) bond motifs is 1. The third-order valence-electron chi connectivity index (χ3n) is 2.42. The Kier molecular flexibility index (Phi) is 1.99. The predicted molar refractivity (Wildman–Crippen MR) is 51.3 cm³/mol. The van der Waals surface area contributed by atoms with Gasteiger partial charge >= 0.3 is 0 Å². The maximum atomic E-state index is 13.1. The molecule has 1 aliphatic rings. The molecule has 1 unspecified atom stereocenters. The van der Waals surface area contributed by atoms with Gasteiger partial charge in [0.25, 0.3) is 0 Å². The third kappa shape index (κ3) is 1.22. The Morgan fingerprint density at radius 1 is 1.54 bits per heavy atom. The minimum Gasteiger partial charge on any atom is -0.294 e. The lowest BCUT2D eigenvalue weighted by molar-refractivity contribution is 0.0946. The summed E-state index contributed by atoms with van der Waals surface area (Å²) in [5.41, 5.74) is 1.48. The first-order valence-electron chi connectivity index (χ1n) is 4.12. The lowest BCUT2D eigenvalue weighted by Gasteiger charge is -2.00. The van der Waals surface area contributed by atoms with E-state index in [4.69, 9.17) is 0 Å². The molecule has 13 heavy (non-hydrogen) atoms. The van der Waals surface area contributed by atoms with Crippen LogP contribution in [0.5, 0.6) is 0 Å². The second-order valence-electron chi connectivity index (χ2n) is 3.36. The zero-order valence-corrected chi connectivity index (χ0v) is 8.69. The van der Waals surface area contributed by atoms with Gasteiger partial charge < -0.3 is 0 Å². The molecule has 3 heteroatoms. The zero-order chi connectivity index (χ0) is 9.59. The Hall–Kier alpha value is -0.700. The fraction of sp³-hybridized carbons (Fsp3) is 0.300. The van der Waals surface area contributed by atoms with Crippen molar-refractivity contribution in [2.24, 2.45) is 5.92 Å². The SMILES string of the molecule is CC1Cc2c(ccc(F)c2Br)C1=O. The Labute approximate surface area is 84.1 Å². The molecule has 0 aliphatic heterocycles. The highest BCUT2D eigenvalue weighted by molar-refractivity contribution is 9.10. The molecule has 1 nitrogen and oxygen atoms in total. The first-order chi connectivity index (χ1) is 6.11. The molecule has 0 heterocycles. The number of ketones is 1. The highest BCUT2D eigenvalue weighted by Crippen LogP contribution is 2.33. The van der Waals surface area contributed by atoms with Gasteiger partial charge in [0, 0.05) is 11.5 Å². The van der Waals surface area contributed by atoms with E-state index in [-0.39, 0.29) is 17.5 Å². The molecule has 0 amide bonds. The van der Waals surface area contributed by atoms with Gasteiger partial charge in [-0.1, -0.05) is 6.92 Å². The Balaban J connectivity index is 2.64. The van der Waals surface area contributed by atoms with Crippen molar-refractivity contribution in [2.45, 2.75) is 13.3 Å². The Morgan fingerprint density at radius 2 is 2.23 bits per heavy atom. The number of rotatable bonds is 0. The molecule has 68 valence electrons. The van der Waals surface area contributed by atoms with Crippen molar-refractivity contribution >= 4 is 21.7 Å². The van der Waals surface area contributed by atoms with E-state index in [1.165, 1.54) is 6.07 Å². The van der Waals surface area contributed by atoms with Crippen LogP contribution in [0, 0.1) is 11.7 Å². The summed E-state index contributed by atoms with van der Waals surface area (Å²) in [5.74, 6) is -0.176. The van der Waals surface area contributed by atoms with Gasteiger partial charge in [-0.25, -0.2) is 4.39 Å². The fourth-order valence-corrected chi connectivity index (χ4v) is 2.20. The number of benzene rings is 1. The molecular weight excluding hydrogens is 235 g/mol. The molecule has 0 aromatic heterocycles. The Morgan fingerprint density at radius 3 is 2.92 bits per heavy atom. The van der Waals surface area contributed by atoms with Crippen LogP contribution in [0.4, 0.5) is 4.39 Å². The van der Waals surface area contributed by atoms with E-state index in [0.29, 0.717) is 16.5 Å². The van der Waals surface area contributed by atoms with E-state index in [0.717, 1.165) is 5.56 Å². The van der Waals surface area contributed by atoms with E-state index < -0.39 is 0 Å². The van der Waals surface area contributed by atoms with Crippen molar-refractivity contribution in [3.8, 4) is 0 Å². The van der Waals surface area contributed by atoms with Crippen LogP contribution in [0.3, 0.4) is 0 Å². The molecule has 1 aliphatic carbocycles. The second kappa shape index (κ2) is 2.91. The first-order valence-corrected chi connectivity index (χ1v) is 4.91. The van der Waals surface area contributed by atoms with Gasteiger partial charge in [0.1, 0.15) is 5.82 Å². The minimum atomic E-state index is -0.291. The molecule has 0 saturated heterocycles. The van der Waals surface area contributed by atoms with Crippen LogP contribution in [0.2, 0.25) is 0 Å². The smallest absolute Gasteiger partial charge is 0.166 e. The molecule has 0 spiro atoms. The number of carbonyl (C=O) groups excluding carboxylic acids is 1. The van der Waals surface area contributed by atoms with Crippen LogP contribution < -0.4 is 0 Å². The molecule has 0 bridgehead atoms. The predicted octanol–water partition coefficient (Wildman–Crippen LogP) is 2.96. The minimum absolute atomic E-state index is 0.00639. The number of carbonyl (C=O) groups is 1. The molecule has 1 atom stereocenters. The van der Waals surface area contributed by atoms with Gasteiger partial charge in [-0.2, -0.15) is 0 Å². The molecule has 0 saturated carbocycles. The van der Waals surface area contributed by atoms with Crippen LogP contribution in [-0.2, 0) is 6.42 Å². The maximum Gasteiger partial charge on any atom is 0.166 e. The van der Waals surface area contributed by atoms with Gasteiger partial charge in [0.15, 0.2) is 5.78 Å². The molecule has 0 fully saturated rings. The summed E-state index contributed by atoms with van der Waals surface area (Å²) in [6.45, 7) is 1.87. The molecular formula is C10H8BrFO. The maximum absolute atomic E-state index is 13.1. The highest BCUT2D eigenvalue weighted by atomic mass is 79.9. The van der Waals surface area contributed by atoms with Gasteiger partial charge in [-0.3, -0.25) is 4.79 Å². The first kappa shape index (κ1) is 8.88. The van der Waals surface area contributed by atoms with Crippen molar-refractivity contribution < 1.29 is 9.18 Å². The van der Waals surface area contributed by atoms with Gasteiger partial charge in [0.05, 0.1) is 4.47 Å². The Bertz CT molecular complexity index is 387. The number of hydrogen-bond donors (Lipinski definition) is 0. The highest BCUT2D eigenvalue weighted by Gasteiger charge is 2.29. The number of halogens is 2. The summed E-state index contributed by atoms with van der Waals surface area (Å²) in [4.78, 5) is 11.5. The lowest BCUT2D eigenvalue weighted by atomic mass is 10.1. The van der Waals surface area contributed by atoms with Crippen molar-refractivity contribution in [3.05, 3.63) is 33.5 Å². The standard InChI is InChI=1S/C10H8BrFO/c1-5-4-7-6(10(5)13)2-3-8(12)9(7)11/h2-3,5H,4H2,1H3. The van der Waals surface area contributed by atoms with E-state index in [9.17, 15) is 9.18 Å². The largest absolute Gasteiger partial charge is 0.294 e. The average Bonchev–Trinajstić information content (AvgIpc) is 2.38. The van der Waals surface area contributed by atoms with Crippen LogP contribution >= 0.6 is 15.9 Å². The third-order valence-corrected chi connectivity index (χ3v) is 3.28. The summed E-state index contributed by atoms with van der Waals surface area (Å²) in [6.07, 6.45) is 0.645. The van der Waals surface area contributed by atoms with Crippen LogP contribution in [0.1, 0.15) is 22.8 Å². The summed E-state index contributed by atoms with van der Waals surface area (Å²) in [7, 11) is 0. The van der Waals surface area contributed by atoms with E-state index in [2.05, 4.69) is 15.9 Å². The zero-order valence-electron chi connectivity index (χ0n) is 7.10. The normalized spacial score (nSPS) is 20.5. The topological polar surface area (TPSA) is 17.1 Å². The van der Waals surface area contributed by atoms with Crippen molar-refractivity contribution in [2.75, 3.05) is 0 Å². The fourth-order valence-electron chi connectivity index (χ4n) is 1.69. The van der Waals surface area contributed by atoms with Crippen LogP contribution in [-0.4, -0.2) is 5.78 Å². The monoisotopic (exact) mass is 242 g/mol. The molecule has 2 rings (SSSR count). The number of hydrogen-bond acceptors (Lipinski definition) is 1. The quantitative estimate of drug-likeness (QED) is 0.684. The number of Topliss-reactive ketones (excluding diaryl/α,β-unsaturated/α-hetero) is 1. The van der Waals surface area contributed by atoms with Crippen molar-refractivity contribution in [1.82, 2.24) is 0 Å². The lowest BCUT2D eigenvalue weighted by Crippen LogP contribution is -2.02. The summed E-state index contributed by atoms with van der Waals surface area (Å²) in [5, 5.41) is 0. The summed E-state index contributed by atoms with van der Waals surface area (Å²) >= 11 is 3.16. The molecule has 1 aromatic carbocycles. The van der Waals surface area contributed by atoms with Crippen LogP contribution in [0.25, 0.3) is 0 Å². The van der Waals surface area contributed by atoms with E-state index in [1.54, 1.807) is 6.07 Å². The summed E-state index contributed by atoms with van der Waals surface area (Å²) in [6, 6.07) is 2.90. The van der Waals surface area contributed by atoms with Crippen LogP contribution in [0.15, 0.2) is 16.6 Å². The molecule has 0 N–H and O–H groups in total. The van der Waals surface area contributed by atoms with Crippen molar-refractivity contribution in [3.63, 3.8) is 0 Å². The molecule has 0 radical (unpaired) electrons. The average molecular weight is 243 g/mol. The van der Waals surface area contributed by atoms with Gasteiger partial charge in [0.2, 0.25) is 0 Å². The van der Waals surface area contributed by atoms with Gasteiger partial charge in [-0.05, 0) is 40.0 Å². The van der Waals surface area contributed by atoms with Gasteiger partial charge in [-0.15, -0.1) is 0 Å². The van der Waals surface area contributed by atoms with Crippen molar-refractivity contribution in [1.29, 1.82) is 0 Å². The van der Waals surface area contributed by atoms with E-state index >= 15 is 0 Å².